The van der Waals surface area contributed by atoms with Crippen LogP contribution in [0.15, 0.2) is 72.8 Å². The van der Waals surface area contributed by atoms with Gasteiger partial charge in [0.05, 0.1) is 19.8 Å². The Morgan fingerprint density at radius 1 is 0.976 bits per heavy atom. The SMILES string of the molecule is Cc1cc(OCC=C(c2ccc(C#CCN3CCOCC3)cc2)c2ccc(C(C)(C)C)cc2)ccc1OCC(=O)O. The lowest BCUT2D eigenvalue weighted by atomic mass is 9.85. The van der Waals surface area contributed by atoms with Crippen LogP contribution in [0.4, 0.5) is 0 Å². The molecule has 3 aromatic rings. The number of benzene rings is 3. The van der Waals surface area contributed by atoms with E-state index < -0.39 is 5.97 Å². The molecule has 1 heterocycles. The Morgan fingerprint density at radius 2 is 1.63 bits per heavy atom. The molecule has 4 rings (SSSR count). The molecule has 214 valence electrons. The highest BCUT2D eigenvalue weighted by molar-refractivity contribution is 5.80. The van der Waals surface area contributed by atoms with E-state index in [2.05, 4.69) is 92.1 Å². The number of hydrogen-bond acceptors (Lipinski definition) is 5. The molecule has 0 amide bonds. The van der Waals surface area contributed by atoms with Crippen molar-refractivity contribution in [3.8, 4) is 23.3 Å². The van der Waals surface area contributed by atoms with Crippen LogP contribution in [-0.4, -0.2) is 62.0 Å². The normalized spacial score (nSPS) is 14.2. The van der Waals surface area contributed by atoms with Crippen molar-refractivity contribution in [2.45, 2.75) is 33.1 Å². The van der Waals surface area contributed by atoms with Crippen molar-refractivity contribution in [1.82, 2.24) is 4.90 Å². The molecule has 0 bridgehead atoms. The fourth-order valence-corrected chi connectivity index (χ4v) is 4.53. The van der Waals surface area contributed by atoms with E-state index in [1.165, 1.54) is 5.56 Å². The zero-order valence-electron chi connectivity index (χ0n) is 24.4. The number of carbonyl (C=O) groups is 1. The summed E-state index contributed by atoms with van der Waals surface area (Å²) >= 11 is 0. The Labute approximate surface area is 243 Å². The number of hydrogen-bond donors (Lipinski definition) is 1. The van der Waals surface area contributed by atoms with Gasteiger partial charge in [0.25, 0.3) is 0 Å². The Hall–Kier alpha value is -4.05. The highest BCUT2D eigenvalue weighted by atomic mass is 16.5. The summed E-state index contributed by atoms with van der Waals surface area (Å²) in [5, 5.41) is 8.87. The first-order chi connectivity index (χ1) is 19.7. The quantitative estimate of drug-likeness (QED) is 0.330. The van der Waals surface area contributed by atoms with Crippen molar-refractivity contribution in [1.29, 1.82) is 0 Å². The average Bonchev–Trinajstić information content (AvgIpc) is 2.95. The monoisotopic (exact) mass is 553 g/mol. The topological polar surface area (TPSA) is 68.2 Å². The molecule has 6 heteroatoms. The molecule has 0 unspecified atom stereocenters. The second kappa shape index (κ2) is 14.0. The number of carboxylic acid groups (broad SMARTS) is 1. The molecule has 1 aliphatic rings. The minimum atomic E-state index is -1.01. The molecule has 0 spiro atoms. The maximum absolute atomic E-state index is 10.8. The number of rotatable bonds is 9. The first-order valence-electron chi connectivity index (χ1n) is 14.0. The molecular weight excluding hydrogens is 514 g/mol. The smallest absolute Gasteiger partial charge is 0.341 e. The molecule has 1 fully saturated rings. The van der Waals surface area contributed by atoms with Gasteiger partial charge in [0.2, 0.25) is 0 Å². The number of morpholine rings is 1. The molecular formula is C35H39NO5. The van der Waals surface area contributed by atoms with Crippen LogP contribution >= 0.6 is 0 Å². The van der Waals surface area contributed by atoms with Gasteiger partial charge < -0.3 is 19.3 Å². The van der Waals surface area contributed by atoms with Gasteiger partial charge in [-0.2, -0.15) is 0 Å². The van der Waals surface area contributed by atoms with Crippen LogP contribution in [-0.2, 0) is 14.9 Å². The van der Waals surface area contributed by atoms with Gasteiger partial charge in [0.15, 0.2) is 6.61 Å². The summed E-state index contributed by atoms with van der Waals surface area (Å²) in [7, 11) is 0. The number of carboxylic acids is 1. The first-order valence-corrected chi connectivity index (χ1v) is 14.0. The lowest BCUT2D eigenvalue weighted by molar-refractivity contribution is -0.139. The highest BCUT2D eigenvalue weighted by Gasteiger charge is 2.14. The molecule has 0 aromatic heterocycles. The fourth-order valence-electron chi connectivity index (χ4n) is 4.53. The van der Waals surface area contributed by atoms with Gasteiger partial charge >= 0.3 is 5.97 Å². The van der Waals surface area contributed by atoms with Gasteiger partial charge in [-0.25, -0.2) is 4.79 Å². The number of ether oxygens (including phenoxy) is 3. The number of aryl methyl sites for hydroxylation is 1. The van der Waals surface area contributed by atoms with Crippen LogP contribution in [0.1, 0.15) is 48.6 Å². The van der Waals surface area contributed by atoms with Crippen LogP contribution in [0, 0.1) is 18.8 Å². The predicted molar refractivity (Wildman–Crippen MR) is 163 cm³/mol. The zero-order valence-corrected chi connectivity index (χ0v) is 24.4. The van der Waals surface area contributed by atoms with Gasteiger partial charge in [0, 0.05) is 18.7 Å². The Bertz CT molecular complexity index is 1400. The Kier molecular flexibility index (Phi) is 10.2. The Balaban J connectivity index is 1.51. The molecule has 0 radical (unpaired) electrons. The van der Waals surface area contributed by atoms with E-state index in [-0.39, 0.29) is 12.0 Å². The van der Waals surface area contributed by atoms with Crippen molar-refractivity contribution in [2.24, 2.45) is 0 Å². The van der Waals surface area contributed by atoms with Crippen LogP contribution in [0.2, 0.25) is 0 Å². The first kappa shape index (κ1) is 29.9. The second-order valence-electron chi connectivity index (χ2n) is 11.1. The lowest BCUT2D eigenvalue weighted by Gasteiger charge is -2.24. The summed E-state index contributed by atoms with van der Waals surface area (Å²) in [6.07, 6.45) is 2.09. The summed E-state index contributed by atoms with van der Waals surface area (Å²) in [6, 6.07) is 22.5. The largest absolute Gasteiger partial charge is 0.489 e. The summed E-state index contributed by atoms with van der Waals surface area (Å²) in [5.74, 6) is 6.80. The second-order valence-corrected chi connectivity index (χ2v) is 11.1. The van der Waals surface area contributed by atoms with E-state index in [1.807, 2.05) is 13.0 Å². The van der Waals surface area contributed by atoms with E-state index in [0.29, 0.717) is 18.1 Å². The van der Waals surface area contributed by atoms with Crippen molar-refractivity contribution < 1.29 is 24.1 Å². The highest BCUT2D eigenvalue weighted by Crippen LogP contribution is 2.29. The summed E-state index contributed by atoms with van der Waals surface area (Å²) in [4.78, 5) is 13.1. The molecule has 41 heavy (non-hydrogen) atoms. The van der Waals surface area contributed by atoms with Gasteiger partial charge in [-0.1, -0.05) is 69.0 Å². The van der Waals surface area contributed by atoms with E-state index in [4.69, 9.17) is 19.3 Å². The molecule has 1 N–H and O–H groups in total. The molecule has 1 saturated heterocycles. The maximum Gasteiger partial charge on any atom is 0.341 e. The Morgan fingerprint density at radius 3 is 2.24 bits per heavy atom. The number of aliphatic carboxylic acids is 1. The molecule has 6 nitrogen and oxygen atoms in total. The van der Waals surface area contributed by atoms with Crippen molar-refractivity contribution in [3.63, 3.8) is 0 Å². The molecule has 0 aliphatic carbocycles. The van der Waals surface area contributed by atoms with Crippen molar-refractivity contribution in [2.75, 3.05) is 46.1 Å². The van der Waals surface area contributed by atoms with Crippen molar-refractivity contribution >= 4 is 11.5 Å². The summed E-state index contributed by atoms with van der Waals surface area (Å²) in [6.45, 7) is 12.7. The van der Waals surface area contributed by atoms with Crippen molar-refractivity contribution in [3.05, 3.63) is 101 Å². The molecule has 3 aromatic carbocycles. The fraction of sp³-hybridized carbons (Fsp3) is 0.343. The van der Waals surface area contributed by atoms with Crippen LogP contribution in [0.25, 0.3) is 5.57 Å². The average molecular weight is 554 g/mol. The minimum Gasteiger partial charge on any atom is -0.489 e. The molecule has 0 atom stereocenters. The predicted octanol–water partition coefficient (Wildman–Crippen LogP) is 5.95. The van der Waals surface area contributed by atoms with E-state index >= 15 is 0 Å². The minimum absolute atomic E-state index is 0.0747. The third-order valence-corrected chi connectivity index (χ3v) is 6.93. The summed E-state index contributed by atoms with van der Waals surface area (Å²) < 4.78 is 16.8. The van der Waals surface area contributed by atoms with Crippen LogP contribution < -0.4 is 9.47 Å². The third-order valence-electron chi connectivity index (χ3n) is 6.93. The third kappa shape index (κ3) is 8.97. The van der Waals surface area contributed by atoms with E-state index in [9.17, 15) is 4.79 Å². The van der Waals surface area contributed by atoms with Crippen LogP contribution in [0.3, 0.4) is 0 Å². The van der Waals surface area contributed by atoms with Crippen LogP contribution in [0.5, 0.6) is 11.5 Å². The van der Waals surface area contributed by atoms with Gasteiger partial charge in [-0.3, -0.25) is 4.90 Å². The maximum atomic E-state index is 10.8. The lowest BCUT2D eigenvalue weighted by Crippen LogP contribution is -2.36. The van der Waals surface area contributed by atoms with E-state index in [1.54, 1.807) is 12.1 Å². The standard InChI is InChI=1S/C35H39NO5/c1-26-24-31(15-16-33(26)41-25-34(37)38)40-21-17-32(29-11-13-30(14-12-29)35(2,3)4)28-9-7-27(8-10-28)6-5-18-36-19-22-39-23-20-36/h7-17,24H,18-23,25H2,1-4H3,(H,37,38). The molecule has 1 aliphatic heterocycles. The number of nitrogens with zero attached hydrogens (tertiary/aromatic N) is 1. The van der Waals surface area contributed by atoms with Gasteiger partial charge in [0.1, 0.15) is 18.1 Å². The molecule has 0 saturated carbocycles. The van der Waals surface area contributed by atoms with Gasteiger partial charge in [-0.05, 0) is 76.6 Å². The van der Waals surface area contributed by atoms with E-state index in [0.717, 1.165) is 60.7 Å². The zero-order chi connectivity index (χ0) is 29.2. The van der Waals surface area contributed by atoms with Gasteiger partial charge in [-0.15, -0.1) is 0 Å². The summed E-state index contributed by atoms with van der Waals surface area (Å²) in [5.41, 5.74) is 6.44.